The molecule has 146 valence electrons. The predicted molar refractivity (Wildman–Crippen MR) is 104 cm³/mol. The molecular formula is C21H24N4O3. The summed E-state index contributed by atoms with van der Waals surface area (Å²) in [6.45, 7) is 3.67. The zero-order chi connectivity index (χ0) is 19.5. The van der Waals surface area contributed by atoms with E-state index in [1.54, 1.807) is 23.5 Å². The Morgan fingerprint density at radius 1 is 1.18 bits per heavy atom. The quantitative estimate of drug-likeness (QED) is 0.813. The fourth-order valence-corrected chi connectivity index (χ4v) is 3.86. The van der Waals surface area contributed by atoms with E-state index in [2.05, 4.69) is 9.97 Å². The molecule has 28 heavy (non-hydrogen) atoms. The number of amides is 2. The van der Waals surface area contributed by atoms with Gasteiger partial charge in [0.25, 0.3) is 0 Å². The van der Waals surface area contributed by atoms with E-state index in [4.69, 9.17) is 4.74 Å². The lowest BCUT2D eigenvalue weighted by Crippen LogP contribution is -2.47. The van der Waals surface area contributed by atoms with Gasteiger partial charge in [-0.05, 0) is 31.9 Å². The van der Waals surface area contributed by atoms with Crippen LogP contribution in [0.4, 0.5) is 5.69 Å². The van der Waals surface area contributed by atoms with Gasteiger partial charge in [-0.15, -0.1) is 0 Å². The molecule has 7 nitrogen and oxygen atoms in total. The number of aryl methyl sites for hydroxylation is 1. The van der Waals surface area contributed by atoms with Crippen LogP contribution in [-0.4, -0.2) is 52.4 Å². The number of carbonyl (C=O) groups is 2. The SMILES string of the molecule is Cc1ccc(N2CC(C(=O)N3CCCC(Oc4cnccn4)C3)CC2=O)cc1. The van der Waals surface area contributed by atoms with Crippen molar-refractivity contribution in [3.8, 4) is 5.88 Å². The van der Waals surface area contributed by atoms with Gasteiger partial charge in [0.15, 0.2) is 0 Å². The minimum absolute atomic E-state index is 0.00609. The van der Waals surface area contributed by atoms with Crippen molar-refractivity contribution in [2.24, 2.45) is 5.92 Å². The summed E-state index contributed by atoms with van der Waals surface area (Å²) in [6.07, 6.45) is 6.68. The van der Waals surface area contributed by atoms with E-state index in [0.29, 0.717) is 25.5 Å². The number of piperidine rings is 1. The van der Waals surface area contributed by atoms with E-state index < -0.39 is 0 Å². The summed E-state index contributed by atoms with van der Waals surface area (Å²) >= 11 is 0. The van der Waals surface area contributed by atoms with Crippen molar-refractivity contribution in [3.63, 3.8) is 0 Å². The number of benzene rings is 1. The molecular weight excluding hydrogens is 356 g/mol. The fourth-order valence-electron chi connectivity index (χ4n) is 3.86. The average Bonchev–Trinajstić information content (AvgIpc) is 3.10. The van der Waals surface area contributed by atoms with Gasteiger partial charge >= 0.3 is 0 Å². The van der Waals surface area contributed by atoms with Crippen LogP contribution >= 0.6 is 0 Å². The van der Waals surface area contributed by atoms with Crippen LogP contribution in [0.1, 0.15) is 24.8 Å². The van der Waals surface area contributed by atoms with Gasteiger partial charge < -0.3 is 14.5 Å². The molecule has 4 rings (SSSR count). The highest BCUT2D eigenvalue weighted by molar-refractivity contribution is 6.00. The molecule has 3 heterocycles. The van der Waals surface area contributed by atoms with Crippen molar-refractivity contribution < 1.29 is 14.3 Å². The molecule has 2 unspecified atom stereocenters. The Morgan fingerprint density at radius 2 is 2.00 bits per heavy atom. The van der Waals surface area contributed by atoms with Crippen molar-refractivity contribution in [1.82, 2.24) is 14.9 Å². The number of hydrogen-bond acceptors (Lipinski definition) is 5. The summed E-state index contributed by atoms with van der Waals surface area (Å²) in [5.41, 5.74) is 2.00. The summed E-state index contributed by atoms with van der Waals surface area (Å²) in [5, 5.41) is 0. The summed E-state index contributed by atoms with van der Waals surface area (Å²) < 4.78 is 5.88. The van der Waals surface area contributed by atoms with Crippen LogP contribution in [0.15, 0.2) is 42.9 Å². The number of anilines is 1. The first-order chi connectivity index (χ1) is 13.6. The van der Waals surface area contributed by atoms with E-state index in [1.807, 2.05) is 36.1 Å². The van der Waals surface area contributed by atoms with Crippen LogP contribution in [0.5, 0.6) is 5.88 Å². The number of ether oxygens (including phenoxy) is 1. The minimum atomic E-state index is -0.302. The Bertz CT molecular complexity index is 840. The fraction of sp³-hybridized carbons (Fsp3) is 0.429. The largest absolute Gasteiger partial charge is 0.471 e. The second-order valence-corrected chi connectivity index (χ2v) is 7.45. The van der Waals surface area contributed by atoms with Crippen molar-refractivity contribution in [3.05, 3.63) is 48.4 Å². The Hall–Kier alpha value is -2.96. The van der Waals surface area contributed by atoms with Gasteiger partial charge in [0, 0.05) is 37.6 Å². The van der Waals surface area contributed by atoms with E-state index in [0.717, 1.165) is 24.1 Å². The Balaban J connectivity index is 1.38. The van der Waals surface area contributed by atoms with Gasteiger partial charge in [0.2, 0.25) is 17.7 Å². The summed E-state index contributed by atoms with van der Waals surface area (Å²) in [5.74, 6) is 0.217. The standard InChI is InChI=1S/C21H24N4O3/c1-15-4-6-17(7-5-15)25-13-16(11-20(25)26)21(27)24-10-2-3-18(14-24)28-19-12-22-8-9-23-19/h4-9,12,16,18H,2-3,10-11,13-14H2,1H3. The number of hydrogen-bond donors (Lipinski definition) is 0. The molecule has 2 atom stereocenters. The first-order valence-corrected chi connectivity index (χ1v) is 9.68. The second-order valence-electron chi connectivity index (χ2n) is 7.45. The molecule has 2 amide bonds. The van der Waals surface area contributed by atoms with Gasteiger partial charge in [0.05, 0.1) is 18.7 Å². The molecule has 2 aliphatic rings. The van der Waals surface area contributed by atoms with Crippen LogP contribution in [0, 0.1) is 12.8 Å². The highest BCUT2D eigenvalue weighted by Gasteiger charge is 2.38. The lowest BCUT2D eigenvalue weighted by atomic mass is 10.0. The molecule has 0 bridgehead atoms. The molecule has 2 fully saturated rings. The first kappa shape index (κ1) is 18.4. The molecule has 7 heteroatoms. The molecule has 0 spiro atoms. The third kappa shape index (κ3) is 3.98. The molecule has 0 saturated carbocycles. The molecule has 2 saturated heterocycles. The highest BCUT2D eigenvalue weighted by atomic mass is 16.5. The van der Waals surface area contributed by atoms with Gasteiger partial charge in [-0.25, -0.2) is 4.98 Å². The number of aromatic nitrogens is 2. The second kappa shape index (κ2) is 7.96. The van der Waals surface area contributed by atoms with Crippen LogP contribution < -0.4 is 9.64 Å². The lowest BCUT2D eigenvalue weighted by molar-refractivity contribution is -0.138. The van der Waals surface area contributed by atoms with E-state index in [-0.39, 0.29) is 30.3 Å². The number of rotatable bonds is 4. The van der Waals surface area contributed by atoms with Crippen molar-refractivity contribution >= 4 is 17.5 Å². The molecule has 2 aliphatic heterocycles. The smallest absolute Gasteiger partial charge is 0.232 e. The van der Waals surface area contributed by atoms with Crippen LogP contribution in [-0.2, 0) is 9.59 Å². The topological polar surface area (TPSA) is 75.6 Å². The summed E-state index contributed by atoms with van der Waals surface area (Å²) in [7, 11) is 0. The number of likely N-dealkylation sites (tertiary alicyclic amines) is 1. The third-order valence-corrected chi connectivity index (χ3v) is 5.34. The Kier molecular flexibility index (Phi) is 5.23. The summed E-state index contributed by atoms with van der Waals surface area (Å²) in [4.78, 5) is 37.2. The van der Waals surface area contributed by atoms with Crippen LogP contribution in [0.25, 0.3) is 0 Å². The highest BCUT2D eigenvalue weighted by Crippen LogP contribution is 2.28. The zero-order valence-electron chi connectivity index (χ0n) is 16.0. The van der Waals surface area contributed by atoms with Gasteiger partial charge in [0.1, 0.15) is 6.10 Å². The molecule has 1 aromatic heterocycles. The maximum atomic E-state index is 13.0. The van der Waals surface area contributed by atoms with E-state index in [9.17, 15) is 9.59 Å². The molecule has 2 aromatic rings. The van der Waals surface area contributed by atoms with Gasteiger partial charge in [-0.1, -0.05) is 17.7 Å². The van der Waals surface area contributed by atoms with Gasteiger partial charge in [-0.2, -0.15) is 0 Å². The van der Waals surface area contributed by atoms with Crippen molar-refractivity contribution in [1.29, 1.82) is 0 Å². The maximum absolute atomic E-state index is 13.0. The van der Waals surface area contributed by atoms with E-state index in [1.165, 1.54) is 0 Å². The lowest BCUT2D eigenvalue weighted by Gasteiger charge is -2.34. The molecule has 0 radical (unpaired) electrons. The Labute approximate surface area is 164 Å². The Morgan fingerprint density at radius 3 is 2.75 bits per heavy atom. The molecule has 0 N–H and O–H groups in total. The molecule has 1 aromatic carbocycles. The van der Waals surface area contributed by atoms with Gasteiger partial charge in [-0.3, -0.25) is 14.6 Å². The third-order valence-electron chi connectivity index (χ3n) is 5.34. The van der Waals surface area contributed by atoms with Crippen LogP contribution in [0.2, 0.25) is 0 Å². The number of nitrogens with zero attached hydrogens (tertiary/aromatic N) is 4. The van der Waals surface area contributed by atoms with E-state index >= 15 is 0 Å². The van der Waals surface area contributed by atoms with Crippen molar-refractivity contribution in [2.75, 3.05) is 24.5 Å². The minimum Gasteiger partial charge on any atom is -0.471 e. The predicted octanol–water partition coefficient (Wildman–Crippen LogP) is 2.21. The van der Waals surface area contributed by atoms with Crippen LogP contribution in [0.3, 0.4) is 0 Å². The average molecular weight is 380 g/mol. The number of carbonyl (C=O) groups excluding carboxylic acids is 2. The zero-order valence-corrected chi connectivity index (χ0v) is 16.0. The summed E-state index contributed by atoms with van der Waals surface area (Å²) in [6, 6.07) is 7.84. The monoisotopic (exact) mass is 380 g/mol. The maximum Gasteiger partial charge on any atom is 0.232 e. The molecule has 0 aliphatic carbocycles. The van der Waals surface area contributed by atoms with Crippen molar-refractivity contribution in [2.45, 2.75) is 32.3 Å². The normalized spacial score (nSPS) is 22.4. The first-order valence-electron chi connectivity index (χ1n) is 9.68.